The minimum absolute atomic E-state index is 0.568. The molecule has 2 heteroatoms. The molecule has 1 nitrogen and oxygen atoms in total. The molecule has 1 rings (SSSR count). The number of hydrogen-bond acceptors (Lipinski definition) is 1. The molecule has 0 saturated heterocycles. The first-order valence-corrected chi connectivity index (χ1v) is 9.44. The molecule has 0 aromatic heterocycles. The Balaban J connectivity index is 2.48. The van der Waals surface area contributed by atoms with Crippen LogP contribution in [0.3, 0.4) is 0 Å². The van der Waals surface area contributed by atoms with Crippen molar-refractivity contribution in [1.29, 1.82) is 0 Å². The van der Waals surface area contributed by atoms with E-state index in [9.17, 15) is 0 Å². The van der Waals surface area contributed by atoms with Gasteiger partial charge in [0.1, 0.15) is 0 Å². The Morgan fingerprint density at radius 2 is 1.71 bits per heavy atom. The number of nitrogens with zero attached hydrogens (tertiary/aromatic N) is 1. The summed E-state index contributed by atoms with van der Waals surface area (Å²) in [4.78, 5) is 2.51. The molecule has 0 saturated carbocycles. The maximum Gasteiger partial charge on any atom is 0.0239 e. The first-order chi connectivity index (χ1) is 10.2. The Kier molecular flexibility index (Phi) is 9.30. The van der Waals surface area contributed by atoms with Crippen molar-refractivity contribution in [1.82, 2.24) is 4.90 Å². The van der Waals surface area contributed by atoms with Crippen molar-refractivity contribution < 1.29 is 0 Å². The van der Waals surface area contributed by atoms with Crippen molar-refractivity contribution in [2.75, 3.05) is 13.2 Å². The fraction of sp³-hybridized carbons (Fsp3) is 0.474. The quantitative estimate of drug-likeness (QED) is 0.362. The summed E-state index contributed by atoms with van der Waals surface area (Å²) >= 11 is 0. The van der Waals surface area contributed by atoms with Crippen molar-refractivity contribution >= 4 is 13.9 Å². The third-order valence-corrected chi connectivity index (χ3v) is 4.51. The Morgan fingerprint density at radius 1 is 1.05 bits per heavy atom. The van der Waals surface area contributed by atoms with Gasteiger partial charge in [-0.15, -0.1) is 0 Å². The van der Waals surface area contributed by atoms with E-state index in [0.717, 1.165) is 34.5 Å². The molecule has 0 N–H and O–H groups in total. The maximum atomic E-state index is 2.51. The average molecular weight is 303 g/mol. The van der Waals surface area contributed by atoms with Crippen molar-refractivity contribution in [2.45, 2.75) is 46.2 Å². The molecule has 0 aliphatic rings. The van der Waals surface area contributed by atoms with Gasteiger partial charge in [0, 0.05) is 19.1 Å². The fourth-order valence-corrected chi connectivity index (χ4v) is 2.66. The third-order valence-electron chi connectivity index (χ3n) is 3.60. The average Bonchev–Trinajstić information content (AvgIpc) is 2.50. The molecule has 0 amide bonds. The van der Waals surface area contributed by atoms with Gasteiger partial charge in [0.25, 0.3) is 0 Å². The summed E-state index contributed by atoms with van der Waals surface area (Å²) < 4.78 is 0. The monoisotopic (exact) mass is 303 g/mol. The van der Waals surface area contributed by atoms with Crippen LogP contribution in [-0.2, 0) is 6.54 Å². The maximum absolute atomic E-state index is 2.51. The van der Waals surface area contributed by atoms with Gasteiger partial charge in [-0.05, 0) is 51.1 Å². The lowest BCUT2D eigenvalue weighted by Gasteiger charge is -2.25. The number of benzene rings is 1. The minimum atomic E-state index is 0.568. The predicted octanol–water partition coefficient (Wildman–Crippen LogP) is 4.74. The summed E-state index contributed by atoms with van der Waals surface area (Å²) in [6.45, 7) is 10.9. The number of allylic oxidation sites excluding steroid dienone is 3. The van der Waals surface area contributed by atoms with Gasteiger partial charge in [0.05, 0.1) is 0 Å². The van der Waals surface area contributed by atoms with Crippen LogP contribution in [-0.4, -0.2) is 24.2 Å². The van der Waals surface area contributed by atoms with E-state index >= 15 is 0 Å². The van der Waals surface area contributed by atoms with Crippen LogP contribution < -0.4 is 5.30 Å². The molecule has 0 radical (unpaired) electrons. The van der Waals surface area contributed by atoms with Gasteiger partial charge in [0.15, 0.2) is 0 Å². The van der Waals surface area contributed by atoms with Crippen LogP contribution >= 0.6 is 8.58 Å². The molecule has 0 aliphatic carbocycles. The first-order valence-electron chi connectivity index (χ1n) is 7.94. The zero-order valence-corrected chi connectivity index (χ0v) is 15.0. The summed E-state index contributed by atoms with van der Waals surface area (Å²) in [6.07, 6.45) is 11.2. The van der Waals surface area contributed by atoms with E-state index in [1.54, 1.807) is 0 Å². The normalized spacial score (nSPS) is 12.9. The van der Waals surface area contributed by atoms with E-state index in [2.05, 4.69) is 80.9 Å². The van der Waals surface area contributed by atoms with Crippen LogP contribution in [0.4, 0.5) is 0 Å². The molecule has 21 heavy (non-hydrogen) atoms. The molecular weight excluding hydrogens is 273 g/mol. The van der Waals surface area contributed by atoms with Crippen LogP contribution in [0.15, 0.2) is 48.6 Å². The Morgan fingerprint density at radius 3 is 2.29 bits per heavy atom. The van der Waals surface area contributed by atoms with Crippen molar-refractivity contribution in [2.24, 2.45) is 0 Å². The molecule has 1 aromatic rings. The topological polar surface area (TPSA) is 3.24 Å². The van der Waals surface area contributed by atoms with Crippen molar-refractivity contribution in [3.63, 3.8) is 0 Å². The Labute approximate surface area is 132 Å². The molecule has 0 bridgehead atoms. The van der Waals surface area contributed by atoms with Gasteiger partial charge in [-0.3, -0.25) is 4.90 Å². The molecular formula is C19H30NP. The molecule has 116 valence electrons. The van der Waals surface area contributed by atoms with Crippen LogP contribution in [0.5, 0.6) is 0 Å². The number of unbranched alkanes of at least 4 members (excludes halogenated alkanes) is 1. The number of rotatable bonds is 9. The number of hydrogen-bond donors (Lipinski definition) is 0. The summed E-state index contributed by atoms with van der Waals surface area (Å²) in [5, 5.41) is 1.44. The zero-order valence-electron chi connectivity index (χ0n) is 14.0. The highest BCUT2D eigenvalue weighted by Crippen LogP contribution is 2.10. The van der Waals surface area contributed by atoms with E-state index in [1.807, 2.05) is 0 Å². The van der Waals surface area contributed by atoms with Crippen molar-refractivity contribution in [3.8, 4) is 0 Å². The molecule has 0 aliphatic heterocycles. The highest BCUT2D eigenvalue weighted by atomic mass is 31.1. The molecule has 1 unspecified atom stereocenters. The van der Waals surface area contributed by atoms with Gasteiger partial charge in [-0.25, -0.2) is 0 Å². The van der Waals surface area contributed by atoms with Crippen LogP contribution in [0.25, 0.3) is 0 Å². The summed E-state index contributed by atoms with van der Waals surface area (Å²) in [5.74, 6) is 0. The Hall–Kier alpha value is -0.910. The van der Waals surface area contributed by atoms with Gasteiger partial charge >= 0.3 is 0 Å². The van der Waals surface area contributed by atoms with Gasteiger partial charge in [0.2, 0.25) is 0 Å². The third kappa shape index (κ3) is 7.60. The second-order valence-electron chi connectivity index (χ2n) is 5.59. The van der Waals surface area contributed by atoms with Gasteiger partial charge < -0.3 is 0 Å². The highest BCUT2D eigenvalue weighted by molar-refractivity contribution is 7.46. The molecule has 0 fully saturated rings. The van der Waals surface area contributed by atoms with Crippen LogP contribution in [0, 0.1) is 0 Å². The smallest absolute Gasteiger partial charge is 0.0239 e. The standard InChI is InChI=1S/C19H30NP/c1-5-6-7-8-9-10-15-20(17(2)3)16-18-11-13-19(21-4)14-12-18/h5-6,9-14,17,21H,7-8,15-16H2,1-4H3/b6-5-,10-9+. The largest absolute Gasteiger partial charge is 0.293 e. The second-order valence-corrected chi connectivity index (χ2v) is 6.67. The first kappa shape index (κ1) is 18.1. The summed E-state index contributed by atoms with van der Waals surface area (Å²) in [6, 6.07) is 9.64. The van der Waals surface area contributed by atoms with Crippen molar-refractivity contribution in [3.05, 3.63) is 54.1 Å². The molecule has 1 aromatic carbocycles. The van der Waals surface area contributed by atoms with E-state index in [-0.39, 0.29) is 0 Å². The van der Waals surface area contributed by atoms with E-state index in [1.165, 1.54) is 10.9 Å². The van der Waals surface area contributed by atoms with E-state index in [0.29, 0.717) is 6.04 Å². The molecule has 0 heterocycles. The molecule has 1 atom stereocenters. The fourth-order valence-electron chi connectivity index (χ4n) is 2.16. The van der Waals surface area contributed by atoms with E-state index < -0.39 is 0 Å². The van der Waals surface area contributed by atoms with Gasteiger partial charge in [-0.2, -0.15) is 0 Å². The minimum Gasteiger partial charge on any atom is -0.293 e. The van der Waals surface area contributed by atoms with Crippen LogP contribution in [0.2, 0.25) is 0 Å². The summed E-state index contributed by atoms with van der Waals surface area (Å²) in [5.41, 5.74) is 1.41. The second kappa shape index (κ2) is 10.8. The molecule has 0 spiro atoms. The zero-order chi connectivity index (χ0) is 15.5. The lowest BCUT2D eigenvalue weighted by atomic mass is 10.2. The highest BCUT2D eigenvalue weighted by Gasteiger charge is 2.08. The van der Waals surface area contributed by atoms with Crippen LogP contribution in [0.1, 0.15) is 39.2 Å². The van der Waals surface area contributed by atoms with Gasteiger partial charge in [-0.1, -0.05) is 57.2 Å². The lowest BCUT2D eigenvalue weighted by molar-refractivity contribution is 0.237. The lowest BCUT2D eigenvalue weighted by Crippen LogP contribution is -2.30. The SMILES string of the molecule is C/C=C\CC/C=C/CN(Cc1ccc(PC)cc1)C(C)C. The summed E-state index contributed by atoms with van der Waals surface area (Å²) in [7, 11) is 0.887. The Bertz CT molecular complexity index is 431. The predicted molar refractivity (Wildman–Crippen MR) is 99.0 cm³/mol. The van der Waals surface area contributed by atoms with E-state index in [4.69, 9.17) is 0 Å².